The largest absolute Gasteiger partial charge is 0.339 e. The van der Waals surface area contributed by atoms with Gasteiger partial charge in [0.25, 0.3) is 0 Å². The molecular weight excluding hydrogens is 381 g/mol. The average molecular weight is 400 g/mol. The maximum Gasteiger partial charge on any atom is 0.224 e. The minimum atomic E-state index is -0.467. The van der Waals surface area contributed by atoms with E-state index in [1.807, 2.05) is 0 Å². The smallest absolute Gasteiger partial charge is 0.224 e. The molecule has 3 fully saturated rings. The Hall–Kier alpha value is -2.58. The maximum atomic E-state index is 13.4. The lowest BCUT2D eigenvalue weighted by atomic mass is 9.86. The Bertz CT molecular complexity index is 1020. The molecule has 3 aromatic rings. The molecule has 2 N–H and O–H groups in total. The van der Waals surface area contributed by atoms with Crippen molar-refractivity contribution >= 4 is 40.1 Å². The average Bonchev–Trinajstić information content (AvgIpc) is 2.72. The van der Waals surface area contributed by atoms with Crippen molar-refractivity contribution in [3.8, 4) is 0 Å². The summed E-state index contributed by atoms with van der Waals surface area (Å²) < 4.78 is 13.4. The van der Waals surface area contributed by atoms with Crippen molar-refractivity contribution in [3.63, 3.8) is 0 Å². The lowest BCUT2D eigenvalue weighted by Crippen LogP contribution is -2.52. The predicted octanol–water partition coefficient (Wildman–Crippen LogP) is 3.81. The standard InChI is InChI=1S/C19H19ClFN7/c20-13-8-12(1-2-14(13)21)25-18-17-15(23-10-24-18)9-22-19(27-17)26-16-7-11-3-5-28(16)6-4-11/h1-2,8-11,16H,3-7H2,(H,22,26,27)(H,23,24,25). The minimum absolute atomic E-state index is 0.0433. The van der Waals surface area contributed by atoms with Gasteiger partial charge in [0, 0.05) is 18.8 Å². The molecule has 0 amide bonds. The Morgan fingerprint density at radius 1 is 1.14 bits per heavy atom. The molecule has 9 heteroatoms. The van der Waals surface area contributed by atoms with Gasteiger partial charge in [0.15, 0.2) is 5.82 Å². The van der Waals surface area contributed by atoms with E-state index in [4.69, 9.17) is 11.6 Å². The van der Waals surface area contributed by atoms with Crippen LogP contribution >= 0.6 is 11.6 Å². The van der Waals surface area contributed by atoms with Gasteiger partial charge in [-0.15, -0.1) is 0 Å². The van der Waals surface area contributed by atoms with E-state index in [1.165, 1.54) is 31.3 Å². The number of piperidine rings is 3. The molecule has 1 atom stereocenters. The Morgan fingerprint density at radius 3 is 2.75 bits per heavy atom. The summed E-state index contributed by atoms with van der Waals surface area (Å²) >= 11 is 5.87. The molecule has 3 saturated heterocycles. The molecule has 5 heterocycles. The summed E-state index contributed by atoms with van der Waals surface area (Å²) in [5.41, 5.74) is 1.84. The van der Waals surface area contributed by atoms with Gasteiger partial charge in [-0.2, -0.15) is 0 Å². The summed E-state index contributed by atoms with van der Waals surface area (Å²) in [6, 6.07) is 4.42. The molecular formula is C19H19ClFN7. The monoisotopic (exact) mass is 399 g/mol. The lowest BCUT2D eigenvalue weighted by molar-refractivity contribution is 0.0636. The van der Waals surface area contributed by atoms with Gasteiger partial charge in [-0.05, 0) is 43.4 Å². The van der Waals surface area contributed by atoms with Crippen LogP contribution in [0.3, 0.4) is 0 Å². The highest BCUT2D eigenvalue weighted by Gasteiger charge is 2.33. The van der Waals surface area contributed by atoms with Crippen LogP contribution in [0.2, 0.25) is 5.02 Å². The van der Waals surface area contributed by atoms with Crippen LogP contribution in [0.4, 0.5) is 21.8 Å². The lowest BCUT2D eigenvalue weighted by Gasteiger charge is -2.45. The zero-order chi connectivity index (χ0) is 19.1. The zero-order valence-corrected chi connectivity index (χ0v) is 15.8. The molecule has 7 nitrogen and oxygen atoms in total. The van der Waals surface area contributed by atoms with Crippen LogP contribution < -0.4 is 10.6 Å². The second kappa shape index (κ2) is 7.10. The van der Waals surface area contributed by atoms with E-state index in [2.05, 4.69) is 35.5 Å². The fraction of sp³-hybridized carbons (Fsp3) is 0.368. The van der Waals surface area contributed by atoms with Gasteiger partial charge < -0.3 is 10.6 Å². The van der Waals surface area contributed by atoms with Crippen LogP contribution in [-0.2, 0) is 0 Å². The van der Waals surface area contributed by atoms with E-state index in [1.54, 1.807) is 12.3 Å². The molecule has 144 valence electrons. The number of benzene rings is 1. The van der Waals surface area contributed by atoms with Gasteiger partial charge in [-0.3, -0.25) is 4.90 Å². The van der Waals surface area contributed by atoms with Gasteiger partial charge in [-0.25, -0.2) is 24.3 Å². The number of hydrogen-bond acceptors (Lipinski definition) is 7. The van der Waals surface area contributed by atoms with Crippen molar-refractivity contribution < 1.29 is 4.39 Å². The molecule has 1 aromatic carbocycles. The highest BCUT2D eigenvalue weighted by molar-refractivity contribution is 6.31. The molecule has 3 aliphatic rings. The molecule has 1 unspecified atom stereocenters. The van der Waals surface area contributed by atoms with Gasteiger partial charge in [0.1, 0.15) is 23.2 Å². The first-order valence-corrected chi connectivity index (χ1v) is 9.74. The molecule has 0 aliphatic carbocycles. The van der Waals surface area contributed by atoms with Gasteiger partial charge in [-0.1, -0.05) is 11.6 Å². The topological polar surface area (TPSA) is 78.9 Å². The predicted molar refractivity (Wildman–Crippen MR) is 106 cm³/mol. The van der Waals surface area contributed by atoms with E-state index in [0.717, 1.165) is 25.4 Å². The number of aromatic nitrogens is 4. The maximum absolute atomic E-state index is 13.4. The SMILES string of the molecule is Fc1ccc(Nc2ncnc3cnc(NC4CC5CCN4CC5)nc23)cc1Cl. The highest BCUT2D eigenvalue weighted by atomic mass is 35.5. The molecule has 0 radical (unpaired) electrons. The molecule has 0 spiro atoms. The van der Waals surface area contributed by atoms with Gasteiger partial charge in [0.2, 0.25) is 5.95 Å². The summed E-state index contributed by atoms with van der Waals surface area (Å²) in [7, 11) is 0. The number of rotatable bonds is 4. The van der Waals surface area contributed by atoms with Crippen molar-refractivity contribution in [3.05, 3.63) is 41.6 Å². The number of nitrogens with one attached hydrogen (secondary N) is 2. The van der Waals surface area contributed by atoms with Crippen LogP contribution in [0.15, 0.2) is 30.7 Å². The van der Waals surface area contributed by atoms with E-state index in [-0.39, 0.29) is 11.2 Å². The third kappa shape index (κ3) is 3.33. The number of nitrogens with zero attached hydrogens (tertiary/aromatic N) is 5. The van der Waals surface area contributed by atoms with Crippen molar-refractivity contribution in [2.45, 2.75) is 25.4 Å². The van der Waals surface area contributed by atoms with E-state index >= 15 is 0 Å². The first kappa shape index (κ1) is 17.5. The van der Waals surface area contributed by atoms with E-state index in [9.17, 15) is 4.39 Å². The van der Waals surface area contributed by atoms with E-state index in [0.29, 0.717) is 28.5 Å². The van der Waals surface area contributed by atoms with Crippen LogP contribution in [0, 0.1) is 11.7 Å². The number of fused-ring (bicyclic) bond motifs is 4. The second-order valence-electron chi connectivity index (χ2n) is 7.28. The van der Waals surface area contributed by atoms with Crippen LogP contribution in [0.25, 0.3) is 11.0 Å². The van der Waals surface area contributed by atoms with Gasteiger partial charge >= 0.3 is 0 Å². The fourth-order valence-corrected chi connectivity index (χ4v) is 4.17. The first-order valence-electron chi connectivity index (χ1n) is 9.36. The zero-order valence-electron chi connectivity index (χ0n) is 15.1. The third-order valence-electron chi connectivity index (χ3n) is 5.50. The number of hydrogen-bond donors (Lipinski definition) is 2. The van der Waals surface area contributed by atoms with Crippen LogP contribution in [-0.4, -0.2) is 44.1 Å². The molecule has 2 bridgehead atoms. The Balaban J connectivity index is 1.43. The van der Waals surface area contributed by atoms with Gasteiger partial charge in [0.05, 0.1) is 17.4 Å². The Morgan fingerprint density at radius 2 is 2.00 bits per heavy atom. The summed E-state index contributed by atoms with van der Waals surface area (Å²) in [5.74, 6) is 1.39. The van der Waals surface area contributed by atoms with Crippen molar-refractivity contribution in [2.24, 2.45) is 5.92 Å². The molecule has 3 aliphatic heterocycles. The van der Waals surface area contributed by atoms with Crippen molar-refractivity contribution in [2.75, 3.05) is 23.7 Å². The summed E-state index contributed by atoms with van der Waals surface area (Å²) in [4.78, 5) is 20.1. The molecule has 2 aromatic heterocycles. The summed E-state index contributed by atoms with van der Waals surface area (Å²) in [5, 5.41) is 6.65. The number of anilines is 3. The van der Waals surface area contributed by atoms with Crippen LogP contribution in [0.1, 0.15) is 19.3 Å². The number of halogens is 2. The van der Waals surface area contributed by atoms with Crippen molar-refractivity contribution in [1.82, 2.24) is 24.8 Å². The fourth-order valence-electron chi connectivity index (χ4n) is 3.99. The normalized spacial score (nSPS) is 23.7. The molecule has 28 heavy (non-hydrogen) atoms. The highest BCUT2D eigenvalue weighted by Crippen LogP contribution is 2.32. The Labute approximate surface area is 166 Å². The van der Waals surface area contributed by atoms with E-state index < -0.39 is 5.82 Å². The Kier molecular flexibility index (Phi) is 4.44. The molecule has 0 saturated carbocycles. The van der Waals surface area contributed by atoms with Crippen LogP contribution in [0.5, 0.6) is 0 Å². The summed E-state index contributed by atoms with van der Waals surface area (Å²) in [6.45, 7) is 2.24. The summed E-state index contributed by atoms with van der Waals surface area (Å²) in [6.07, 6.45) is 7.06. The minimum Gasteiger partial charge on any atom is -0.339 e. The quantitative estimate of drug-likeness (QED) is 0.690. The van der Waals surface area contributed by atoms with Crippen molar-refractivity contribution in [1.29, 1.82) is 0 Å². The first-order chi connectivity index (χ1) is 13.7. The second-order valence-corrected chi connectivity index (χ2v) is 7.69. The third-order valence-corrected chi connectivity index (χ3v) is 5.79. The molecule has 6 rings (SSSR count).